The van der Waals surface area contributed by atoms with Gasteiger partial charge in [0.05, 0.1) is 0 Å². The number of benzene rings is 3. The van der Waals surface area contributed by atoms with Crippen molar-refractivity contribution in [2.75, 3.05) is 13.2 Å². The summed E-state index contributed by atoms with van der Waals surface area (Å²) in [5.74, 6) is -1.31. The summed E-state index contributed by atoms with van der Waals surface area (Å²) in [4.78, 5) is 36.3. The Morgan fingerprint density at radius 1 is 0.793 bits per heavy atom. The van der Waals surface area contributed by atoms with Crippen molar-refractivity contribution in [1.29, 1.82) is 0 Å². The zero-order valence-electron chi connectivity index (χ0n) is 15.7. The van der Waals surface area contributed by atoms with Gasteiger partial charge in [0.2, 0.25) is 0 Å². The van der Waals surface area contributed by atoms with Gasteiger partial charge in [-0.05, 0) is 46.9 Å². The maximum atomic E-state index is 12.5. The fraction of sp³-hybridized carbons (Fsp3) is 0.125. The number of nitrogens with one attached hydrogen (secondary N) is 1. The van der Waals surface area contributed by atoms with Gasteiger partial charge in [-0.15, -0.1) is 0 Å². The Morgan fingerprint density at radius 2 is 1.52 bits per heavy atom. The normalized spacial score (nSPS) is 11.3. The van der Waals surface area contributed by atoms with E-state index < -0.39 is 5.97 Å². The molecule has 0 spiro atoms. The molecule has 0 fully saturated rings. The molecule has 0 heterocycles. The molecule has 0 aromatic heterocycles. The minimum atomic E-state index is -0.658. The molecule has 29 heavy (non-hydrogen) atoms. The lowest BCUT2D eigenvalue weighted by Crippen LogP contribution is -2.31. The molecule has 5 heteroatoms. The average molecular weight is 385 g/mol. The second kappa shape index (κ2) is 8.10. The first-order valence-corrected chi connectivity index (χ1v) is 9.35. The predicted molar refractivity (Wildman–Crippen MR) is 109 cm³/mol. The minimum Gasteiger partial charge on any atom is -0.456 e. The number of amides is 1. The van der Waals surface area contributed by atoms with E-state index in [0.29, 0.717) is 11.1 Å². The topological polar surface area (TPSA) is 72.5 Å². The quantitative estimate of drug-likeness (QED) is 0.408. The van der Waals surface area contributed by atoms with Crippen molar-refractivity contribution >= 4 is 17.7 Å². The van der Waals surface area contributed by atoms with Gasteiger partial charge in [-0.25, -0.2) is 0 Å². The van der Waals surface area contributed by atoms with Crippen LogP contribution in [0.1, 0.15) is 31.8 Å². The molecule has 0 aliphatic heterocycles. The smallest absolute Gasteiger partial charge is 0.325 e. The number of hydrogen-bond donors (Lipinski definition) is 1. The van der Waals surface area contributed by atoms with Crippen LogP contribution in [0.4, 0.5) is 0 Å². The summed E-state index contributed by atoms with van der Waals surface area (Å²) in [7, 11) is 0. The first-order chi connectivity index (χ1) is 14.1. The van der Waals surface area contributed by atoms with Crippen LogP contribution in [0.15, 0.2) is 72.8 Å². The highest BCUT2D eigenvalue weighted by molar-refractivity contribution is 6.00. The lowest BCUT2D eigenvalue weighted by atomic mass is 10.0. The molecule has 0 atom stereocenters. The van der Waals surface area contributed by atoms with Gasteiger partial charge >= 0.3 is 5.97 Å². The minimum absolute atomic E-state index is 0.278. The lowest BCUT2D eigenvalue weighted by molar-refractivity contribution is -0.141. The van der Waals surface area contributed by atoms with E-state index >= 15 is 0 Å². The third kappa shape index (κ3) is 4.09. The monoisotopic (exact) mass is 385 g/mol. The predicted octanol–water partition coefficient (Wildman–Crippen LogP) is 3.41. The van der Waals surface area contributed by atoms with Gasteiger partial charge in [0, 0.05) is 11.1 Å². The third-order valence-electron chi connectivity index (χ3n) is 4.91. The van der Waals surface area contributed by atoms with Crippen LogP contribution in [0.3, 0.4) is 0 Å². The Hall–Kier alpha value is -3.73. The summed E-state index contributed by atoms with van der Waals surface area (Å²) in [5, 5.41) is 2.48. The van der Waals surface area contributed by atoms with Gasteiger partial charge in [0.1, 0.15) is 6.54 Å². The van der Waals surface area contributed by atoms with Crippen LogP contribution < -0.4 is 5.32 Å². The largest absolute Gasteiger partial charge is 0.456 e. The number of ketones is 1. The molecule has 5 nitrogen and oxygen atoms in total. The molecular weight excluding hydrogens is 366 g/mol. The summed E-state index contributed by atoms with van der Waals surface area (Å²) in [6.45, 7) is -0.654. The number of carbonyl (C=O) groups excluding carboxylic acids is 3. The highest BCUT2D eigenvalue weighted by Crippen LogP contribution is 2.36. The molecule has 1 N–H and O–H groups in total. The molecule has 1 aliphatic carbocycles. The highest BCUT2D eigenvalue weighted by atomic mass is 16.5. The number of esters is 1. The number of fused-ring (bicyclic) bond motifs is 3. The molecule has 144 valence electrons. The van der Waals surface area contributed by atoms with E-state index in [1.165, 1.54) is 11.1 Å². The second-order valence-electron chi connectivity index (χ2n) is 6.84. The summed E-state index contributed by atoms with van der Waals surface area (Å²) in [6, 6.07) is 22.3. The van der Waals surface area contributed by atoms with Gasteiger partial charge in [-0.3, -0.25) is 14.4 Å². The van der Waals surface area contributed by atoms with Crippen molar-refractivity contribution in [2.24, 2.45) is 0 Å². The van der Waals surface area contributed by atoms with Crippen LogP contribution in [0.2, 0.25) is 0 Å². The van der Waals surface area contributed by atoms with E-state index in [9.17, 15) is 14.4 Å². The second-order valence-corrected chi connectivity index (χ2v) is 6.84. The summed E-state index contributed by atoms with van der Waals surface area (Å²) >= 11 is 0. The first-order valence-electron chi connectivity index (χ1n) is 9.35. The van der Waals surface area contributed by atoms with Crippen molar-refractivity contribution in [3.05, 3.63) is 95.1 Å². The molecular formula is C24H19NO4. The Kier molecular flexibility index (Phi) is 5.20. The Morgan fingerprint density at radius 3 is 2.34 bits per heavy atom. The highest BCUT2D eigenvalue weighted by Gasteiger charge is 2.20. The van der Waals surface area contributed by atoms with E-state index in [1.54, 1.807) is 36.4 Å². The van der Waals surface area contributed by atoms with Gasteiger partial charge in [0.15, 0.2) is 12.4 Å². The van der Waals surface area contributed by atoms with Crippen LogP contribution in [0.5, 0.6) is 0 Å². The molecule has 0 saturated heterocycles. The van der Waals surface area contributed by atoms with Crippen LogP contribution in [-0.2, 0) is 16.0 Å². The molecule has 0 bridgehead atoms. The maximum Gasteiger partial charge on any atom is 0.325 e. The SMILES string of the molecule is O=C(CNC(=O)c1ccccc1)OCC(=O)c1ccc2c(c1)-c1ccccc1C2. The van der Waals surface area contributed by atoms with Crippen molar-refractivity contribution in [2.45, 2.75) is 6.42 Å². The number of ether oxygens (including phenoxy) is 1. The van der Waals surface area contributed by atoms with Crippen LogP contribution in [-0.4, -0.2) is 30.8 Å². The number of rotatable bonds is 6. The molecule has 0 unspecified atom stereocenters. The Balaban J connectivity index is 1.33. The van der Waals surface area contributed by atoms with E-state index in [2.05, 4.69) is 11.4 Å². The van der Waals surface area contributed by atoms with Crippen molar-refractivity contribution in [3.63, 3.8) is 0 Å². The Labute approximate surface area is 168 Å². The summed E-state index contributed by atoms with van der Waals surface area (Å²) in [6.07, 6.45) is 0.857. The maximum absolute atomic E-state index is 12.5. The standard InChI is InChI=1S/C24H19NO4/c26-22(15-29-23(27)14-25-24(28)16-6-2-1-3-7-16)19-11-10-18-12-17-8-4-5-9-20(17)21(18)13-19/h1-11,13H,12,14-15H2,(H,25,28). The zero-order valence-corrected chi connectivity index (χ0v) is 15.7. The number of Topliss-reactive ketones (excluding diaryl/α,β-unsaturated/α-hetero) is 1. The van der Waals surface area contributed by atoms with Crippen molar-refractivity contribution < 1.29 is 19.1 Å². The molecule has 4 rings (SSSR count). The summed E-state index contributed by atoms with van der Waals surface area (Å²) < 4.78 is 5.03. The van der Waals surface area contributed by atoms with Crippen LogP contribution >= 0.6 is 0 Å². The molecule has 3 aromatic rings. The van der Waals surface area contributed by atoms with Gasteiger partial charge in [0.25, 0.3) is 5.91 Å². The fourth-order valence-electron chi connectivity index (χ4n) is 3.42. The van der Waals surface area contributed by atoms with Crippen LogP contribution in [0.25, 0.3) is 11.1 Å². The molecule has 0 saturated carbocycles. The number of hydrogen-bond acceptors (Lipinski definition) is 4. The first kappa shape index (κ1) is 18.6. The molecule has 0 radical (unpaired) electrons. The Bertz CT molecular complexity index is 1090. The van der Waals surface area contributed by atoms with Crippen molar-refractivity contribution in [3.8, 4) is 11.1 Å². The van der Waals surface area contributed by atoms with E-state index in [1.807, 2.05) is 30.3 Å². The average Bonchev–Trinajstić information content (AvgIpc) is 3.14. The van der Waals surface area contributed by atoms with E-state index in [4.69, 9.17) is 4.74 Å². The lowest BCUT2D eigenvalue weighted by Gasteiger charge is -2.08. The molecule has 1 aliphatic rings. The van der Waals surface area contributed by atoms with Gasteiger partial charge in [-0.2, -0.15) is 0 Å². The van der Waals surface area contributed by atoms with E-state index in [-0.39, 0.29) is 24.8 Å². The van der Waals surface area contributed by atoms with E-state index in [0.717, 1.165) is 17.5 Å². The van der Waals surface area contributed by atoms with Gasteiger partial charge in [-0.1, -0.05) is 54.6 Å². The third-order valence-corrected chi connectivity index (χ3v) is 4.91. The molecule has 1 amide bonds. The fourth-order valence-corrected chi connectivity index (χ4v) is 3.42. The van der Waals surface area contributed by atoms with Crippen LogP contribution in [0, 0.1) is 0 Å². The van der Waals surface area contributed by atoms with Crippen molar-refractivity contribution in [1.82, 2.24) is 5.32 Å². The summed E-state index contributed by atoms with van der Waals surface area (Å²) in [5.41, 5.74) is 5.57. The zero-order chi connectivity index (χ0) is 20.2. The molecule has 3 aromatic carbocycles. The van der Waals surface area contributed by atoms with Gasteiger partial charge < -0.3 is 10.1 Å². The number of carbonyl (C=O) groups is 3.